The molecule has 2 rings (SSSR count). The first-order valence-electron chi connectivity index (χ1n) is 3.92. The van der Waals surface area contributed by atoms with Gasteiger partial charge in [-0.25, -0.2) is 14.6 Å². The summed E-state index contributed by atoms with van der Waals surface area (Å²) in [4.78, 5) is 7.80. The highest BCUT2D eigenvalue weighted by Gasteiger charge is 2.03. The second-order valence-electron chi connectivity index (χ2n) is 2.68. The van der Waals surface area contributed by atoms with E-state index < -0.39 is 0 Å². The molecule has 0 saturated heterocycles. The second-order valence-corrected chi connectivity index (χ2v) is 2.68. The number of nitriles is 1. The minimum atomic E-state index is 0.159. The molecule has 0 N–H and O–H groups in total. The lowest BCUT2D eigenvalue weighted by Gasteiger charge is -1.98. The van der Waals surface area contributed by atoms with Gasteiger partial charge in [0.2, 0.25) is 0 Å². The van der Waals surface area contributed by atoms with Crippen LogP contribution in [-0.2, 0) is 13.6 Å². The second kappa shape index (κ2) is 3.26. The van der Waals surface area contributed by atoms with E-state index in [9.17, 15) is 0 Å². The van der Waals surface area contributed by atoms with E-state index in [4.69, 9.17) is 5.26 Å². The van der Waals surface area contributed by atoms with Gasteiger partial charge in [0.15, 0.2) is 0 Å². The Morgan fingerprint density at radius 3 is 2.93 bits per heavy atom. The highest BCUT2D eigenvalue weighted by Crippen LogP contribution is 1.95. The van der Waals surface area contributed by atoms with E-state index in [1.54, 1.807) is 16.4 Å². The zero-order chi connectivity index (χ0) is 9.97. The third-order valence-corrected chi connectivity index (χ3v) is 1.75. The van der Waals surface area contributed by atoms with Crippen LogP contribution in [0.25, 0.3) is 0 Å². The van der Waals surface area contributed by atoms with Crippen molar-refractivity contribution in [2.75, 3.05) is 0 Å². The Morgan fingerprint density at radius 1 is 1.50 bits per heavy atom. The normalized spacial score (nSPS) is 10.0. The SMILES string of the molecule is Cn1ncnc1Cn1cnc(C#N)n1. The van der Waals surface area contributed by atoms with Crippen molar-refractivity contribution in [3.8, 4) is 6.07 Å². The number of nitrogens with zero attached hydrogens (tertiary/aromatic N) is 7. The molecule has 7 nitrogen and oxygen atoms in total. The molecule has 70 valence electrons. The summed E-state index contributed by atoms with van der Waals surface area (Å²) in [6.45, 7) is 0.463. The Bertz CT molecular complexity index is 474. The fraction of sp³-hybridized carbons (Fsp3) is 0.286. The van der Waals surface area contributed by atoms with Gasteiger partial charge in [-0.05, 0) is 0 Å². The fourth-order valence-electron chi connectivity index (χ4n) is 1.03. The van der Waals surface area contributed by atoms with Crippen LogP contribution < -0.4 is 0 Å². The molecule has 0 saturated carbocycles. The molecule has 0 atom stereocenters. The van der Waals surface area contributed by atoms with Crippen molar-refractivity contribution < 1.29 is 0 Å². The summed E-state index contributed by atoms with van der Waals surface area (Å²) in [6.07, 6.45) is 2.96. The van der Waals surface area contributed by atoms with Gasteiger partial charge in [0.1, 0.15) is 31.1 Å². The quantitative estimate of drug-likeness (QED) is 0.625. The summed E-state index contributed by atoms with van der Waals surface area (Å²) in [5.41, 5.74) is 0. The van der Waals surface area contributed by atoms with Crippen molar-refractivity contribution in [1.29, 1.82) is 5.26 Å². The van der Waals surface area contributed by atoms with Gasteiger partial charge >= 0.3 is 0 Å². The molecule has 2 heterocycles. The average molecular weight is 189 g/mol. The smallest absolute Gasteiger partial charge is 0.251 e. The Labute approximate surface area is 79.6 Å². The zero-order valence-electron chi connectivity index (χ0n) is 7.49. The molecule has 0 spiro atoms. The fourth-order valence-corrected chi connectivity index (χ4v) is 1.03. The van der Waals surface area contributed by atoms with Crippen molar-refractivity contribution in [2.45, 2.75) is 6.54 Å². The topological polar surface area (TPSA) is 85.2 Å². The minimum absolute atomic E-state index is 0.159. The molecule has 0 aromatic carbocycles. The van der Waals surface area contributed by atoms with Crippen LogP contribution in [0.4, 0.5) is 0 Å². The van der Waals surface area contributed by atoms with Crippen LogP contribution in [0.2, 0.25) is 0 Å². The zero-order valence-corrected chi connectivity index (χ0v) is 7.49. The molecule has 0 amide bonds. The van der Waals surface area contributed by atoms with Crippen molar-refractivity contribution in [3.63, 3.8) is 0 Å². The van der Waals surface area contributed by atoms with Crippen LogP contribution in [0.5, 0.6) is 0 Å². The third-order valence-electron chi connectivity index (χ3n) is 1.75. The van der Waals surface area contributed by atoms with Crippen LogP contribution in [0.3, 0.4) is 0 Å². The van der Waals surface area contributed by atoms with E-state index in [-0.39, 0.29) is 5.82 Å². The minimum Gasteiger partial charge on any atom is -0.251 e. The molecule has 0 radical (unpaired) electrons. The summed E-state index contributed by atoms with van der Waals surface area (Å²) in [5, 5.41) is 16.3. The van der Waals surface area contributed by atoms with Crippen molar-refractivity contribution in [3.05, 3.63) is 24.3 Å². The van der Waals surface area contributed by atoms with Gasteiger partial charge in [-0.2, -0.15) is 10.4 Å². The van der Waals surface area contributed by atoms with Gasteiger partial charge in [-0.15, -0.1) is 5.10 Å². The average Bonchev–Trinajstić information content (AvgIpc) is 2.77. The summed E-state index contributed by atoms with van der Waals surface area (Å²) in [6, 6.07) is 1.86. The summed E-state index contributed by atoms with van der Waals surface area (Å²) in [5.74, 6) is 0.923. The molecular formula is C7H7N7. The van der Waals surface area contributed by atoms with Crippen molar-refractivity contribution in [2.24, 2.45) is 7.05 Å². The molecular weight excluding hydrogens is 182 g/mol. The predicted octanol–water partition coefficient (Wildman–Crippen LogP) is -0.673. The van der Waals surface area contributed by atoms with Gasteiger partial charge in [-0.3, -0.25) is 4.68 Å². The van der Waals surface area contributed by atoms with E-state index >= 15 is 0 Å². The van der Waals surface area contributed by atoms with Crippen molar-refractivity contribution >= 4 is 0 Å². The maximum absolute atomic E-state index is 8.51. The lowest BCUT2D eigenvalue weighted by molar-refractivity contribution is 0.605. The molecule has 0 aliphatic rings. The highest BCUT2D eigenvalue weighted by atomic mass is 15.4. The number of aryl methyl sites for hydroxylation is 1. The number of aromatic nitrogens is 6. The Balaban J connectivity index is 2.20. The third kappa shape index (κ3) is 1.45. The van der Waals surface area contributed by atoms with Gasteiger partial charge < -0.3 is 0 Å². The maximum Gasteiger partial charge on any atom is 0.252 e. The molecule has 0 aliphatic carbocycles. The monoisotopic (exact) mass is 189 g/mol. The summed E-state index contributed by atoms with van der Waals surface area (Å²) >= 11 is 0. The lowest BCUT2D eigenvalue weighted by atomic mass is 10.6. The van der Waals surface area contributed by atoms with Gasteiger partial charge in [0, 0.05) is 7.05 Å². The predicted molar refractivity (Wildman–Crippen MR) is 44.8 cm³/mol. The van der Waals surface area contributed by atoms with E-state index in [1.807, 2.05) is 6.07 Å². The summed E-state index contributed by atoms with van der Waals surface area (Å²) < 4.78 is 3.19. The molecule has 7 heteroatoms. The molecule has 14 heavy (non-hydrogen) atoms. The lowest BCUT2D eigenvalue weighted by Crippen LogP contribution is -2.07. The van der Waals surface area contributed by atoms with Crippen LogP contribution in [0.1, 0.15) is 11.6 Å². The number of rotatable bonds is 2. The first-order chi connectivity index (χ1) is 6.79. The van der Waals surface area contributed by atoms with E-state index in [0.29, 0.717) is 6.54 Å². The largest absolute Gasteiger partial charge is 0.252 e. The van der Waals surface area contributed by atoms with Crippen molar-refractivity contribution in [1.82, 2.24) is 29.5 Å². The van der Waals surface area contributed by atoms with Crippen LogP contribution in [0, 0.1) is 11.3 Å². The van der Waals surface area contributed by atoms with Gasteiger partial charge in [0.05, 0.1) is 0 Å². The van der Waals surface area contributed by atoms with E-state index in [0.717, 1.165) is 5.82 Å². The van der Waals surface area contributed by atoms with Gasteiger partial charge in [0.25, 0.3) is 5.82 Å². The Kier molecular flexibility index (Phi) is 1.95. The molecule has 0 bridgehead atoms. The molecule has 2 aromatic heterocycles. The standard InChI is InChI=1S/C7H7N7/c1-13-7(9-4-11-13)3-14-5-10-6(2-8)12-14/h4-5H,3H2,1H3. The number of hydrogen-bond acceptors (Lipinski definition) is 5. The molecule has 2 aromatic rings. The van der Waals surface area contributed by atoms with E-state index in [1.165, 1.54) is 12.7 Å². The molecule has 0 unspecified atom stereocenters. The first kappa shape index (κ1) is 8.37. The van der Waals surface area contributed by atoms with Crippen LogP contribution in [0.15, 0.2) is 12.7 Å². The maximum atomic E-state index is 8.51. The first-order valence-corrected chi connectivity index (χ1v) is 3.92. The Hall–Kier alpha value is -2.23. The van der Waals surface area contributed by atoms with Gasteiger partial charge in [-0.1, -0.05) is 0 Å². The van der Waals surface area contributed by atoms with E-state index in [2.05, 4.69) is 20.2 Å². The molecule has 0 fully saturated rings. The summed E-state index contributed by atoms with van der Waals surface area (Å²) in [7, 11) is 1.80. The van der Waals surface area contributed by atoms with Crippen LogP contribution >= 0.6 is 0 Å². The highest BCUT2D eigenvalue weighted by molar-refractivity contribution is 5.05. The molecule has 0 aliphatic heterocycles. The van der Waals surface area contributed by atoms with Crippen LogP contribution in [-0.4, -0.2) is 29.5 Å². The number of hydrogen-bond donors (Lipinski definition) is 0. The Morgan fingerprint density at radius 2 is 2.36 bits per heavy atom.